The van der Waals surface area contributed by atoms with Gasteiger partial charge >= 0.3 is 6.03 Å². The zero-order chi connectivity index (χ0) is 17.5. The third kappa shape index (κ3) is 5.19. The molecule has 2 N–H and O–H groups in total. The van der Waals surface area contributed by atoms with Gasteiger partial charge in [-0.25, -0.2) is 9.78 Å². The average molecular weight is 343 g/mol. The van der Waals surface area contributed by atoms with E-state index >= 15 is 0 Å². The fraction of sp³-hybridized carbons (Fsp3) is 0.579. The first-order valence-electron chi connectivity index (χ1n) is 9.26. The van der Waals surface area contributed by atoms with Crippen LogP contribution < -0.4 is 15.5 Å². The zero-order valence-corrected chi connectivity index (χ0v) is 15.1. The lowest BCUT2D eigenvalue weighted by Gasteiger charge is -2.34. The van der Waals surface area contributed by atoms with Crippen LogP contribution in [0.3, 0.4) is 0 Å². The molecule has 0 radical (unpaired) electrons. The van der Waals surface area contributed by atoms with Gasteiger partial charge in [-0.2, -0.15) is 0 Å². The largest absolute Gasteiger partial charge is 0.354 e. The van der Waals surface area contributed by atoms with E-state index in [9.17, 15) is 4.79 Å². The number of urea groups is 1. The summed E-state index contributed by atoms with van der Waals surface area (Å²) in [5, 5.41) is 5.98. The molecule has 136 valence electrons. The summed E-state index contributed by atoms with van der Waals surface area (Å²) in [5.41, 5.74) is 1.07. The molecule has 1 unspecified atom stereocenters. The second kappa shape index (κ2) is 8.85. The van der Waals surface area contributed by atoms with Crippen LogP contribution in [0, 0.1) is 5.92 Å². The molecule has 0 saturated carbocycles. The second-order valence-corrected chi connectivity index (χ2v) is 6.99. The minimum atomic E-state index is -0.0947. The topological polar surface area (TPSA) is 60.5 Å². The smallest absolute Gasteiger partial charge is 0.315 e. The highest BCUT2D eigenvalue weighted by molar-refractivity contribution is 5.74. The zero-order valence-electron chi connectivity index (χ0n) is 15.1. The van der Waals surface area contributed by atoms with Crippen LogP contribution in [-0.4, -0.2) is 55.7 Å². The first-order valence-corrected chi connectivity index (χ1v) is 9.26. The maximum atomic E-state index is 12.1. The number of anilines is 1. The number of hydrogen-bond acceptors (Lipinski definition) is 4. The number of likely N-dealkylation sites (N-methyl/N-ethyl adjacent to an activating group) is 1. The van der Waals surface area contributed by atoms with Crippen LogP contribution >= 0.6 is 0 Å². The molecule has 2 amide bonds. The van der Waals surface area contributed by atoms with E-state index in [0.717, 1.165) is 63.4 Å². The van der Waals surface area contributed by atoms with Gasteiger partial charge < -0.3 is 20.4 Å². The van der Waals surface area contributed by atoms with Gasteiger partial charge in [0.2, 0.25) is 0 Å². The number of pyridine rings is 1. The number of amides is 2. The fourth-order valence-electron chi connectivity index (χ4n) is 3.39. The lowest BCUT2D eigenvalue weighted by Crippen LogP contribution is -2.45. The highest BCUT2D eigenvalue weighted by Gasteiger charge is 2.18. The molecular formula is C19H29N5O. The molecule has 1 aliphatic carbocycles. The highest BCUT2D eigenvalue weighted by Crippen LogP contribution is 2.19. The van der Waals surface area contributed by atoms with Gasteiger partial charge in [0.25, 0.3) is 0 Å². The van der Waals surface area contributed by atoms with Gasteiger partial charge in [0, 0.05) is 51.0 Å². The van der Waals surface area contributed by atoms with E-state index in [1.165, 1.54) is 0 Å². The number of piperazine rings is 1. The summed E-state index contributed by atoms with van der Waals surface area (Å²) in [6.07, 6.45) is 9.61. The van der Waals surface area contributed by atoms with Crippen molar-refractivity contribution >= 4 is 11.8 Å². The molecule has 0 spiro atoms. The Morgan fingerprint density at radius 3 is 2.84 bits per heavy atom. The molecule has 1 fully saturated rings. The molecule has 6 nitrogen and oxygen atoms in total. The van der Waals surface area contributed by atoms with Crippen molar-refractivity contribution in [1.29, 1.82) is 0 Å². The standard InChI is InChI=1S/C19H29N5O/c1-23-10-12-24(13-11-23)18-17(8-5-9-20-18)15-22-19(25)21-14-16-6-3-2-4-7-16/h2-3,5,8-9,16H,4,6-7,10-15H2,1H3,(H2,21,22,25). The monoisotopic (exact) mass is 343 g/mol. The van der Waals surface area contributed by atoms with Crippen molar-refractivity contribution in [1.82, 2.24) is 20.5 Å². The van der Waals surface area contributed by atoms with E-state index in [0.29, 0.717) is 12.5 Å². The Labute approximate surface area is 150 Å². The SMILES string of the molecule is CN1CCN(c2ncccc2CNC(=O)NCC2CC=CCC2)CC1. The summed E-state index contributed by atoms with van der Waals surface area (Å²) >= 11 is 0. The number of carbonyl (C=O) groups is 1. The van der Waals surface area contributed by atoms with Crippen LogP contribution in [-0.2, 0) is 6.54 Å². The van der Waals surface area contributed by atoms with E-state index in [1.54, 1.807) is 0 Å². The van der Waals surface area contributed by atoms with Gasteiger partial charge in [-0.05, 0) is 38.3 Å². The van der Waals surface area contributed by atoms with Crippen LogP contribution in [0.2, 0.25) is 0 Å². The number of hydrogen-bond donors (Lipinski definition) is 2. The predicted molar refractivity (Wildman–Crippen MR) is 101 cm³/mol. The molecule has 25 heavy (non-hydrogen) atoms. The van der Waals surface area contributed by atoms with E-state index < -0.39 is 0 Å². The first-order chi connectivity index (χ1) is 12.2. The molecule has 0 bridgehead atoms. The Kier molecular flexibility index (Phi) is 6.28. The summed E-state index contributed by atoms with van der Waals surface area (Å²) in [6.45, 7) is 5.28. The van der Waals surface area contributed by atoms with Gasteiger partial charge in [-0.3, -0.25) is 0 Å². The van der Waals surface area contributed by atoms with Crippen molar-refractivity contribution in [3.63, 3.8) is 0 Å². The molecule has 2 aliphatic rings. The molecule has 3 rings (SSSR count). The Bertz CT molecular complexity index is 595. The second-order valence-electron chi connectivity index (χ2n) is 6.99. The maximum absolute atomic E-state index is 12.1. The van der Waals surface area contributed by atoms with Gasteiger partial charge in [0.15, 0.2) is 0 Å². The van der Waals surface area contributed by atoms with Gasteiger partial charge in [-0.15, -0.1) is 0 Å². The van der Waals surface area contributed by atoms with E-state index in [-0.39, 0.29) is 6.03 Å². The summed E-state index contributed by atoms with van der Waals surface area (Å²) in [5.74, 6) is 1.56. The van der Waals surface area contributed by atoms with E-state index in [2.05, 4.69) is 44.6 Å². The van der Waals surface area contributed by atoms with Crippen molar-refractivity contribution in [3.05, 3.63) is 36.0 Å². The molecule has 6 heteroatoms. The normalized spacial score (nSPS) is 21.2. The first kappa shape index (κ1) is 17.7. The molecule has 1 atom stereocenters. The number of nitrogens with one attached hydrogen (secondary N) is 2. The number of rotatable bonds is 5. The minimum absolute atomic E-state index is 0.0947. The molecule has 0 aromatic carbocycles. The van der Waals surface area contributed by atoms with Crippen LogP contribution in [0.4, 0.5) is 10.6 Å². The Hall–Kier alpha value is -2.08. The summed E-state index contributed by atoms with van der Waals surface area (Å²) in [7, 11) is 2.14. The molecule has 1 aromatic heterocycles. The van der Waals surface area contributed by atoms with Crippen LogP contribution in [0.15, 0.2) is 30.5 Å². The predicted octanol–water partition coefficient (Wildman–Crippen LogP) is 1.99. The van der Waals surface area contributed by atoms with Crippen LogP contribution in [0.5, 0.6) is 0 Å². The molecule has 2 heterocycles. The number of carbonyl (C=O) groups excluding carboxylic acids is 1. The number of nitrogens with zero attached hydrogens (tertiary/aromatic N) is 3. The van der Waals surface area contributed by atoms with Crippen molar-refractivity contribution in [2.24, 2.45) is 5.92 Å². The van der Waals surface area contributed by atoms with Crippen molar-refractivity contribution in [3.8, 4) is 0 Å². The minimum Gasteiger partial charge on any atom is -0.354 e. The number of aromatic nitrogens is 1. The van der Waals surface area contributed by atoms with Crippen molar-refractivity contribution in [2.45, 2.75) is 25.8 Å². The Balaban J connectivity index is 1.49. The maximum Gasteiger partial charge on any atom is 0.315 e. The van der Waals surface area contributed by atoms with Crippen molar-refractivity contribution in [2.75, 3.05) is 44.7 Å². The molecule has 1 aliphatic heterocycles. The van der Waals surface area contributed by atoms with Gasteiger partial charge in [-0.1, -0.05) is 18.2 Å². The summed E-state index contributed by atoms with van der Waals surface area (Å²) in [4.78, 5) is 21.3. The third-order valence-electron chi connectivity index (χ3n) is 5.04. The third-order valence-corrected chi connectivity index (χ3v) is 5.04. The van der Waals surface area contributed by atoms with E-state index in [4.69, 9.17) is 0 Å². The lowest BCUT2D eigenvalue weighted by atomic mass is 9.94. The van der Waals surface area contributed by atoms with Gasteiger partial charge in [0.1, 0.15) is 5.82 Å². The van der Waals surface area contributed by atoms with Crippen LogP contribution in [0.25, 0.3) is 0 Å². The number of allylic oxidation sites excluding steroid dienone is 2. The average Bonchev–Trinajstić information content (AvgIpc) is 2.66. The van der Waals surface area contributed by atoms with Gasteiger partial charge in [0.05, 0.1) is 0 Å². The van der Waals surface area contributed by atoms with Crippen LogP contribution in [0.1, 0.15) is 24.8 Å². The quantitative estimate of drug-likeness (QED) is 0.803. The summed E-state index contributed by atoms with van der Waals surface area (Å²) < 4.78 is 0. The highest BCUT2D eigenvalue weighted by atomic mass is 16.2. The van der Waals surface area contributed by atoms with Crippen molar-refractivity contribution < 1.29 is 4.79 Å². The fourth-order valence-corrected chi connectivity index (χ4v) is 3.39. The molecule has 1 saturated heterocycles. The molecular weight excluding hydrogens is 314 g/mol. The Morgan fingerprint density at radius 1 is 1.24 bits per heavy atom. The lowest BCUT2D eigenvalue weighted by molar-refractivity contribution is 0.238. The summed E-state index contributed by atoms with van der Waals surface area (Å²) in [6, 6.07) is 3.89. The van der Waals surface area contributed by atoms with E-state index in [1.807, 2.05) is 18.3 Å². The Morgan fingerprint density at radius 2 is 2.08 bits per heavy atom. The molecule has 1 aromatic rings.